The minimum atomic E-state index is -0.644. The quantitative estimate of drug-likeness (QED) is 0.267. The first-order chi connectivity index (χ1) is 15.8. The number of halogens is 2. The lowest BCUT2D eigenvalue weighted by atomic mass is 10.1. The number of nitrogens with zero attached hydrogens (tertiary/aromatic N) is 1. The maximum absolute atomic E-state index is 13.0. The average Bonchev–Trinajstić information content (AvgIpc) is 2.81. The highest BCUT2D eigenvalue weighted by Crippen LogP contribution is 2.25. The molecule has 3 rings (SSSR count). The first kappa shape index (κ1) is 23.8. The van der Waals surface area contributed by atoms with Gasteiger partial charge in [-0.05, 0) is 54.1 Å². The van der Waals surface area contributed by atoms with Crippen molar-refractivity contribution in [1.29, 1.82) is 0 Å². The molecule has 33 heavy (non-hydrogen) atoms. The molecule has 2 N–H and O–H groups in total. The van der Waals surface area contributed by atoms with Crippen molar-refractivity contribution in [1.82, 2.24) is 5.32 Å². The summed E-state index contributed by atoms with van der Waals surface area (Å²) in [7, 11) is 1.43. The zero-order chi connectivity index (χ0) is 24.0. The van der Waals surface area contributed by atoms with E-state index in [4.69, 9.17) is 27.9 Å². The topological polar surface area (TPSA) is 111 Å². The van der Waals surface area contributed by atoms with E-state index in [1.165, 1.54) is 49.6 Å². The Hall–Kier alpha value is -3.88. The minimum Gasteiger partial charge on any atom is -0.496 e. The number of hydrogen-bond donors (Lipinski definition) is 2. The van der Waals surface area contributed by atoms with Gasteiger partial charge in [0, 0.05) is 17.8 Å². The van der Waals surface area contributed by atoms with Gasteiger partial charge in [-0.3, -0.25) is 19.7 Å². The molecule has 8 nitrogen and oxygen atoms in total. The summed E-state index contributed by atoms with van der Waals surface area (Å²) in [5.41, 5.74) is 0.825. The van der Waals surface area contributed by atoms with Crippen LogP contribution in [0.3, 0.4) is 0 Å². The summed E-state index contributed by atoms with van der Waals surface area (Å²) in [5, 5.41) is 16.7. The Morgan fingerprint density at radius 1 is 1.00 bits per heavy atom. The number of methoxy groups -OCH3 is 1. The number of rotatable bonds is 7. The van der Waals surface area contributed by atoms with Crippen LogP contribution in [0.4, 0.5) is 11.4 Å². The molecular formula is C23H17Cl2N3O5. The van der Waals surface area contributed by atoms with Crippen molar-refractivity contribution in [3.63, 3.8) is 0 Å². The first-order valence-corrected chi connectivity index (χ1v) is 10.2. The van der Waals surface area contributed by atoms with Crippen molar-refractivity contribution in [3.05, 3.63) is 104 Å². The number of hydrogen-bond acceptors (Lipinski definition) is 5. The smallest absolute Gasteiger partial charge is 0.272 e. The number of para-hydroxylation sites is 1. The van der Waals surface area contributed by atoms with E-state index in [0.717, 1.165) is 0 Å². The normalized spacial score (nSPS) is 10.9. The predicted octanol–water partition coefficient (Wildman–Crippen LogP) is 5.32. The number of ether oxygens (including phenoxy) is 1. The Morgan fingerprint density at radius 3 is 2.33 bits per heavy atom. The van der Waals surface area contributed by atoms with Crippen LogP contribution in [0.2, 0.25) is 10.0 Å². The van der Waals surface area contributed by atoms with Crippen LogP contribution in [0.25, 0.3) is 6.08 Å². The van der Waals surface area contributed by atoms with Gasteiger partial charge in [0.2, 0.25) is 0 Å². The number of anilines is 1. The highest BCUT2D eigenvalue weighted by Gasteiger charge is 2.18. The third kappa shape index (κ3) is 6.09. The average molecular weight is 486 g/mol. The van der Waals surface area contributed by atoms with E-state index in [2.05, 4.69) is 10.6 Å². The van der Waals surface area contributed by atoms with Crippen LogP contribution in [0.1, 0.15) is 15.9 Å². The van der Waals surface area contributed by atoms with Crippen LogP contribution < -0.4 is 15.4 Å². The molecule has 0 atom stereocenters. The van der Waals surface area contributed by atoms with Crippen LogP contribution in [0.5, 0.6) is 5.75 Å². The number of carbonyl (C=O) groups is 2. The largest absolute Gasteiger partial charge is 0.496 e. The third-order valence-electron chi connectivity index (χ3n) is 4.44. The fraction of sp³-hybridized carbons (Fsp3) is 0.0435. The summed E-state index contributed by atoms with van der Waals surface area (Å²) >= 11 is 11.9. The van der Waals surface area contributed by atoms with E-state index in [1.54, 1.807) is 30.3 Å². The third-order valence-corrected chi connectivity index (χ3v) is 5.18. The molecule has 0 fully saturated rings. The second-order valence-corrected chi connectivity index (χ2v) is 7.46. The van der Waals surface area contributed by atoms with Crippen LogP contribution >= 0.6 is 23.2 Å². The standard InChI is InChI=1S/C23H17Cl2N3O5/c1-33-21-5-3-2-4-17(21)22(29)27-20(12-14-6-9-16(10-7-14)28(31)32)23(30)26-15-8-11-18(24)19(25)13-15/h2-13H,1H3,(H,26,30)(H,27,29). The summed E-state index contributed by atoms with van der Waals surface area (Å²) in [6.45, 7) is 0. The highest BCUT2D eigenvalue weighted by molar-refractivity contribution is 6.42. The Bertz CT molecular complexity index is 1240. The fourth-order valence-corrected chi connectivity index (χ4v) is 3.11. The molecule has 168 valence electrons. The SMILES string of the molecule is COc1ccccc1C(=O)NC(=Cc1ccc([N+](=O)[O-])cc1)C(=O)Nc1ccc(Cl)c(Cl)c1. The van der Waals surface area contributed by atoms with Gasteiger partial charge in [-0.2, -0.15) is 0 Å². The lowest BCUT2D eigenvalue weighted by Crippen LogP contribution is -2.31. The Labute approximate surface area is 198 Å². The number of benzene rings is 3. The van der Waals surface area contributed by atoms with E-state index in [-0.39, 0.29) is 22.0 Å². The number of non-ortho nitro benzene ring substituents is 1. The maximum Gasteiger partial charge on any atom is 0.272 e. The van der Waals surface area contributed by atoms with Crippen LogP contribution in [-0.2, 0) is 4.79 Å². The van der Waals surface area contributed by atoms with Gasteiger partial charge in [-0.25, -0.2) is 0 Å². The summed E-state index contributed by atoms with van der Waals surface area (Å²) in [5.74, 6) is -0.894. The molecule has 0 radical (unpaired) electrons. The summed E-state index contributed by atoms with van der Waals surface area (Å²) in [6, 6.07) is 16.6. The van der Waals surface area contributed by atoms with Crippen LogP contribution in [-0.4, -0.2) is 23.8 Å². The fourth-order valence-electron chi connectivity index (χ4n) is 2.81. The predicted molar refractivity (Wildman–Crippen MR) is 127 cm³/mol. The monoisotopic (exact) mass is 485 g/mol. The molecule has 0 aliphatic heterocycles. The van der Waals surface area contributed by atoms with Gasteiger partial charge in [-0.1, -0.05) is 35.3 Å². The van der Waals surface area contributed by atoms with E-state index >= 15 is 0 Å². The van der Waals surface area contributed by atoms with Crippen molar-refractivity contribution in [3.8, 4) is 5.75 Å². The van der Waals surface area contributed by atoms with Crippen molar-refractivity contribution < 1.29 is 19.2 Å². The molecular weight excluding hydrogens is 469 g/mol. The van der Waals surface area contributed by atoms with Crippen LogP contribution in [0, 0.1) is 10.1 Å². The number of nitro benzene ring substituents is 1. The van der Waals surface area contributed by atoms with Gasteiger partial charge < -0.3 is 15.4 Å². The van der Waals surface area contributed by atoms with E-state index in [0.29, 0.717) is 22.0 Å². The van der Waals surface area contributed by atoms with E-state index < -0.39 is 16.7 Å². The molecule has 0 saturated heterocycles. The minimum absolute atomic E-state index is 0.105. The summed E-state index contributed by atoms with van der Waals surface area (Å²) in [4.78, 5) is 36.2. The van der Waals surface area contributed by atoms with E-state index in [1.807, 2.05) is 0 Å². The first-order valence-electron chi connectivity index (χ1n) is 9.45. The molecule has 0 saturated carbocycles. The number of nitrogens with one attached hydrogen (secondary N) is 2. The van der Waals surface area contributed by atoms with Gasteiger partial charge >= 0.3 is 0 Å². The van der Waals surface area contributed by atoms with Gasteiger partial charge in [0.15, 0.2) is 0 Å². The van der Waals surface area contributed by atoms with E-state index in [9.17, 15) is 19.7 Å². The van der Waals surface area contributed by atoms with Crippen molar-refractivity contribution in [2.75, 3.05) is 12.4 Å². The lowest BCUT2D eigenvalue weighted by Gasteiger charge is -2.13. The number of amides is 2. The maximum atomic E-state index is 13.0. The van der Waals surface area contributed by atoms with Crippen molar-refractivity contribution in [2.24, 2.45) is 0 Å². The van der Waals surface area contributed by atoms with Gasteiger partial charge in [-0.15, -0.1) is 0 Å². The number of nitro groups is 1. The molecule has 0 bridgehead atoms. The molecule has 3 aromatic rings. The van der Waals surface area contributed by atoms with Crippen molar-refractivity contribution in [2.45, 2.75) is 0 Å². The second-order valence-electron chi connectivity index (χ2n) is 6.64. The number of carbonyl (C=O) groups excluding carboxylic acids is 2. The Morgan fingerprint density at radius 2 is 1.70 bits per heavy atom. The molecule has 0 spiro atoms. The zero-order valence-electron chi connectivity index (χ0n) is 17.2. The van der Waals surface area contributed by atoms with Gasteiger partial charge in [0.25, 0.3) is 17.5 Å². The Kier molecular flexibility index (Phi) is 7.66. The second kappa shape index (κ2) is 10.6. The Balaban J connectivity index is 1.94. The van der Waals surface area contributed by atoms with Gasteiger partial charge in [0.1, 0.15) is 11.4 Å². The lowest BCUT2D eigenvalue weighted by molar-refractivity contribution is -0.384. The molecule has 2 amide bonds. The molecule has 0 aliphatic carbocycles. The summed E-state index contributed by atoms with van der Waals surface area (Å²) in [6.07, 6.45) is 1.39. The highest BCUT2D eigenvalue weighted by atomic mass is 35.5. The molecule has 10 heteroatoms. The molecule has 0 unspecified atom stereocenters. The molecule has 0 aliphatic rings. The summed E-state index contributed by atoms with van der Waals surface area (Å²) < 4.78 is 5.21. The van der Waals surface area contributed by atoms with Crippen LogP contribution in [0.15, 0.2) is 72.4 Å². The molecule has 0 heterocycles. The molecule has 0 aromatic heterocycles. The zero-order valence-corrected chi connectivity index (χ0v) is 18.7. The molecule has 3 aromatic carbocycles. The van der Waals surface area contributed by atoms with Crippen molar-refractivity contribution >= 4 is 52.5 Å². The van der Waals surface area contributed by atoms with Gasteiger partial charge in [0.05, 0.1) is 27.6 Å².